The van der Waals surface area contributed by atoms with Crippen molar-refractivity contribution in [2.24, 2.45) is 0 Å². The summed E-state index contributed by atoms with van der Waals surface area (Å²) in [5, 5.41) is 1.48. The molecule has 0 aliphatic rings. The molecule has 0 N–H and O–H groups in total. The van der Waals surface area contributed by atoms with Crippen molar-refractivity contribution in [3.05, 3.63) is 40.9 Å². The Morgan fingerprint density at radius 2 is 1.63 bits per heavy atom. The van der Waals surface area contributed by atoms with Crippen molar-refractivity contribution < 1.29 is 26.3 Å². The first-order valence-electron chi connectivity index (χ1n) is 4.88. The second-order valence-corrected chi connectivity index (χ2v) is 4.49. The highest BCUT2D eigenvalue weighted by atomic mass is 32.1. The third-order valence-corrected chi connectivity index (χ3v) is 3.12. The summed E-state index contributed by atoms with van der Waals surface area (Å²) in [5.41, 5.74) is -3.02. The van der Waals surface area contributed by atoms with E-state index in [0.717, 1.165) is 17.4 Å². The van der Waals surface area contributed by atoms with Crippen molar-refractivity contribution >= 4 is 11.3 Å². The Morgan fingerprint density at radius 1 is 0.947 bits per heavy atom. The predicted octanol–water partition coefficient (Wildman–Crippen LogP) is 4.85. The molecule has 1 aromatic heterocycles. The summed E-state index contributed by atoms with van der Waals surface area (Å²) in [4.78, 5) is 3.69. The maximum Gasteiger partial charge on any atom is 0.417 e. The Bertz CT molecular complexity index is 570. The Kier molecular flexibility index (Phi) is 3.29. The molecule has 0 aliphatic heterocycles. The second kappa shape index (κ2) is 4.52. The lowest BCUT2D eigenvalue weighted by molar-refractivity contribution is -0.142. The lowest BCUT2D eigenvalue weighted by atomic mass is 10.0. The van der Waals surface area contributed by atoms with Gasteiger partial charge in [-0.15, -0.1) is 11.3 Å². The molecule has 0 bridgehead atoms. The standard InChI is InChI=1S/C11H5F6NS/c12-10(13,14)6-1-2-7(9-18-3-4-19-9)8(5-6)11(15,16)17/h1-5H. The molecule has 0 saturated carbocycles. The lowest BCUT2D eigenvalue weighted by Gasteiger charge is -2.14. The molecule has 0 saturated heterocycles. The number of hydrogen-bond acceptors (Lipinski definition) is 2. The number of hydrogen-bond donors (Lipinski definition) is 0. The van der Waals surface area contributed by atoms with E-state index in [0.29, 0.717) is 6.07 Å². The van der Waals surface area contributed by atoms with Crippen molar-refractivity contribution in [3.63, 3.8) is 0 Å². The zero-order valence-corrected chi connectivity index (χ0v) is 9.83. The molecule has 0 radical (unpaired) electrons. The lowest BCUT2D eigenvalue weighted by Crippen LogP contribution is -2.12. The van der Waals surface area contributed by atoms with Crippen molar-refractivity contribution in [1.82, 2.24) is 4.98 Å². The van der Waals surface area contributed by atoms with E-state index >= 15 is 0 Å². The Hall–Kier alpha value is -1.57. The first-order valence-corrected chi connectivity index (χ1v) is 5.76. The van der Waals surface area contributed by atoms with Crippen LogP contribution in [-0.4, -0.2) is 4.98 Å². The van der Waals surface area contributed by atoms with E-state index in [2.05, 4.69) is 4.98 Å². The minimum absolute atomic E-state index is 0.0287. The zero-order valence-electron chi connectivity index (χ0n) is 9.01. The molecule has 0 fully saturated rings. The average Bonchev–Trinajstić information content (AvgIpc) is 2.79. The largest absolute Gasteiger partial charge is 0.417 e. The number of aromatic nitrogens is 1. The third kappa shape index (κ3) is 2.89. The normalized spacial score (nSPS) is 12.7. The summed E-state index contributed by atoms with van der Waals surface area (Å²) in [6, 6.07) is 1.52. The highest BCUT2D eigenvalue weighted by molar-refractivity contribution is 7.13. The number of rotatable bonds is 1. The van der Waals surface area contributed by atoms with E-state index < -0.39 is 23.5 Å². The van der Waals surface area contributed by atoms with Gasteiger partial charge in [0.25, 0.3) is 0 Å². The zero-order chi connectivity index (χ0) is 14.3. The minimum atomic E-state index is -4.87. The topological polar surface area (TPSA) is 12.9 Å². The SMILES string of the molecule is FC(F)(F)c1ccc(-c2nccs2)c(C(F)(F)F)c1. The maximum absolute atomic E-state index is 12.8. The summed E-state index contributed by atoms with van der Waals surface area (Å²) in [5.74, 6) is 0. The average molecular weight is 297 g/mol. The van der Waals surface area contributed by atoms with Gasteiger partial charge in [-0.2, -0.15) is 26.3 Å². The molecule has 102 valence electrons. The third-order valence-electron chi connectivity index (χ3n) is 2.32. The van der Waals surface area contributed by atoms with Crippen LogP contribution in [0.1, 0.15) is 11.1 Å². The van der Waals surface area contributed by atoms with Crippen LogP contribution in [0.2, 0.25) is 0 Å². The van der Waals surface area contributed by atoms with Gasteiger partial charge in [-0.3, -0.25) is 0 Å². The van der Waals surface area contributed by atoms with Gasteiger partial charge in [0.1, 0.15) is 5.01 Å². The molecule has 0 unspecified atom stereocenters. The molecule has 1 nitrogen and oxygen atoms in total. The van der Waals surface area contributed by atoms with Gasteiger partial charge in [0, 0.05) is 17.1 Å². The summed E-state index contributed by atoms with van der Waals surface area (Å²) in [6.45, 7) is 0. The fourth-order valence-corrected chi connectivity index (χ4v) is 2.18. The molecular formula is C11H5F6NS. The van der Waals surface area contributed by atoms with Crippen molar-refractivity contribution in [2.75, 3.05) is 0 Å². The number of nitrogens with zero attached hydrogens (tertiary/aromatic N) is 1. The molecule has 0 amide bonds. The van der Waals surface area contributed by atoms with Crippen molar-refractivity contribution in [3.8, 4) is 10.6 Å². The number of alkyl halides is 6. The van der Waals surface area contributed by atoms with Gasteiger partial charge >= 0.3 is 12.4 Å². The van der Waals surface area contributed by atoms with Crippen LogP contribution in [0.15, 0.2) is 29.8 Å². The van der Waals surface area contributed by atoms with Crippen molar-refractivity contribution in [2.45, 2.75) is 12.4 Å². The van der Waals surface area contributed by atoms with E-state index in [9.17, 15) is 26.3 Å². The van der Waals surface area contributed by atoms with E-state index in [1.807, 2.05) is 0 Å². The number of benzene rings is 1. The molecule has 0 spiro atoms. The molecule has 19 heavy (non-hydrogen) atoms. The van der Waals surface area contributed by atoms with E-state index in [-0.39, 0.29) is 16.6 Å². The van der Waals surface area contributed by atoms with Crippen LogP contribution in [0.5, 0.6) is 0 Å². The summed E-state index contributed by atoms with van der Waals surface area (Å²) >= 11 is 0.927. The fourth-order valence-electron chi connectivity index (χ4n) is 1.50. The molecular weight excluding hydrogens is 292 g/mol. The van der Waals surface area contributed by atoms with Gasteiger partial charge in [0.15, 0.2) is 0 Å². The first kappa shape index (κ1) is 13.9. The smallest absolute Gasteiger partial charge is 0.245 e. The van der Waals surface area contributed by atoms with E-state index in [1.165, 1.54) is 11.6 Å². The molecule has 0 aliphatic carbocycles. The molecule has 1 heterocycles. The Morgan fingerprint density at radius 3 is 2.11 bits per heavy atom. The van der Waals surface area contributed by atoms with Crippen LogP contribution in [0.25, 0.3) is 10.6 Å². The van der Waals surface area contributed by atoms with Crippen LogP contribution in [-0.2, 0) is 12.4 Å². The van der Waals surface area contributed by atoms with Crippen LogP contribution in [0.4, 0.5) is 26.3 Å². The molecule has 2 aromatic rings. The quantitative estimate of drug-likeness (QED) is 0.686. The minimum Gasteiger partial charge on any atom is -0.245 e. The summed E-state index contributed by atoms with van der Waals surface area (Å²) < 4.78 is 75.8. The fraction of sp³-hybridized carbons (Fsp3) is 0.182. The molecule has 2 rings (SSSR count). The van der Waals surface area contributed by atoms with Crippen LogP contribution < -0.4 is 0 Å². The molecule has 0 atom stereocenters. The summed E-state index contributed by atoms with van der Waals surface area (Å²) in [6.07, 6.45) is -8.40. The van der Waals surface area contributed by atoms with Gasteiger partial charge in [-0.1, -0.05) is 6.07 Å². The monoisotopic (exact) mass is 297 g/mol. The van der Waals surface area contributed by atoms with Gasteiger partial charge in [-0.25, -0.2) is 4.98 Å². The number of halogens is 6. The predicted molar refractivity (Wildman–Crippen MR) is 57.6 cm³/mol. The van der Waals surface area contributed by atoms with Gasteiger partial charge < -0.3 is 0 Å². The Balaban J connectivity index is 2.63. The van der Waals surface area contributed by atoms with Gasteiger partial charge in [-0.05, 0) is 12.1 Å². The summed E-state index contributed by atoms with van der Waals surface area (Å²) in [7, 11) is 0. The van der Waals surface area contributed by atoms with Crippen LogP contribution in [0, 0.1) is 0 Å². The van der Waals surface area contributed by atoms with Gasteiger partial charge in [0.2, 0.25) is 0 Å². The van der Waals surface area contributed by atoms with Crippen molar-refractivity contribution in [1.29, 1.82) is 0 Å². The second-order valence-electron chi connectivity index (χ2n) is 3.59. The van der Waals surface area contributed by atoms with E-state index in [1.54, 1.807) is 0 Å². The number of thiazole rings is 1. The highest BCUT2D eigenvalue weighted by Gasteiger charge is 2.38. The van der Waals surface area contributed by atoms with Crippen LogP contribution >= 0.6 is 11.3 Å². The van der Waals surface area contributed by atoms with Gasteiger partial charge in [0.05, 0.1) is 11.1 Å². The van der Waals surface area contributed by atoms with Crippen LogP contribution in [0.3, 0.4) is 0 Å². The molecule has 8 heteroatoms. The van der Waals surface area contributed by atoms with E-state index in [4.69, 9.17) is 0 Å². The highest BCUT2D eigenvalue weighted by Crippen LogP contribution is 2.41. The molecule has 1 aromatic carbocycles. The first-order chi connectivity index (χ1) is 8.69. The Labute approximate surface area is 107 Å². The maximum atomic E-state index is 12.8.